The SMILES string of the molecule is CCCCCCCCNCC(O)CCCC. The minimum atomic E-state index is -0.139. The Labute approximate surface area is 102 Å². The number of hydrogen-bond donors (Lipinski definition) is 2. The molecular weight excluding hydrogens is 198 g/mol. The fraction of sp³-hybridized carbons (Fsp3) is 1.00. The van der Waals surface area contributed by atoms with Gasteiger partial charge in [-0.3, -0.25) is 0 Å². The third-order valence-corrected chi connectivity index (χ3v) is 2.98. The van der Waals surface area contributed by atoms with Crippen molar-refractivity contribution < 1.29 is 5.11 Å². The lowest BCUT2D eigenvalue weighted by Crippen LogP contribution is -2.27. The third kappa shape index (κ3) is 12.0. The van der Waals surface area contributed by atoms with Gasteiger partial charge in [-0.15, -0.1) is 0 Å². The maximum atomic E-state index is 9.59. The Morgan fingerprint density at radius 1 is 0.875 bits per heavy atom. The van der Waals surface area contributed by atoms with Gasteiger partial charge in [0.2, 0.25) is 0 Å². The van der Waals surface area contributed by atoms with Crippen LogP contribution in [0.15, 0.2) is 0 Å². The fourth-order valence-electron chi connectivity index (χ4n) is 1.84. The lowest BCUT2D eigenvalue weighted by Gasteiger charge is -2.10. The highest BCUT2D eigenvalue weighted by Gasteiger charge is 2.01. The van der Waals surface area contributed by atoms with Crippen LogP contribution < -0.4 is 5.32 Å². The monoisotopic (exact) mass is 229 g/mol. The summed E-state index contributed by atoms with van der Waals surface area (Å²) in [5, 5.41) is 12.9. The van der Waals surface area contributed by atoms with Crippen molar-refractivity contribution in [2.45, 2.75) is 77.7 Å². The molecule has 0 aliphatic heterocycles. The summed E-state index contributed by atoms with van der Waals surface area (Å²) in [6.45, 7) is 6.25. The lowest BCUT2D eigenvalue weighted by atomic mass is 10.1. The van der Waals surface area contributed by atoms with E-state index < -0.39 is 0 Å². The highest BCUT2D eigenvalue weighted by Crippen LogP contribution is 2.04. The molecule has 0 fully saturated rings. The number of aliphatic hydroxyl groups is 1. The molecular formula is C14H31NO. The summed E-state index contributed by atoms with van der Waals surface area (Å²) in [6.07, 6.45) is 11.2. The summed E-state index contributed by atoms with van der Waals surface area (Å²) >= 11 is 0. The first-order chi connectivity index (χ1) is 7.81. The summed E-state index contributed by atoms with van der Waals surface area (Å²) in [5.74, 6) is 0. The smallest absolute Gasteiger partial charge is 0.0664 e. The van der Waals surface area contributed by atoms with Gasteiger partial charge < -0.3 is 10.4 Å². The van der Waals surface area contributed by atoms with Crippen molar-refractivity contribution in [3.8, 4) is 0 Å². The van der Waals surface area contributed by atoms with Gasteiger partial charge in [-0.2, -0.15) is 0 Å². The molecule has 0 aromatic carbocycles. The van der Waals surface area contributed by atoms with E-state index in [2.05, 4.69) is 19.2 Å². The molecule has 0 bridgehead atoms. The number of hydrogen-bond acceptors (Lipinski definition) is 2. The van der Waals surface area contributed by atoms with Crippen LogP contribution in [-0.2, 0) is 0 Å². The van der Waals surface area contributed by atoms with Gasteiger partial charge in [0.05, 0.1) is 6.10 Å². The molecule has 0 aliphatic carbocycles. The van der Waals surface area contributed by atoms with Crippen LogP contribution in [0.2, 0.25) is 0 Å². The van der Waals surface area contributed by atoms with Crippen molar-refractivity contribution in [2.75, 3.05) is 13.1 Å². The summed E-state index contributed by atoms with van der Waals surface area (Å²) < 4.78 is 0. The lowest BCUT2D eigenvalue weighted by molar-refractivity contribution is 0.158. The molecule has 98 valence electrons. The fourth-order valence-corrected chi connectivity index (χ4v) is 1.84. The molecule has 2 nitrogen and oxygen atoms in total. The van der Waals surface area contributed by atoms with E-state index in [1.54, 1.807) is 0 Å². The molecule has 0 saturated carbocycles. The summed E-state index contributed by atoms with van der Waals surface area (Å²) in [5.41, 5.74) is 0. The second-order valence-electron chi connectivity index (χ2n) is 4.77. The molecule has 0 rings (SSSR count). The Morgan fingerprint density at radius 3 is 2.19 bits per heavy atom. The number of rotatable bonds is 12. The van der Waals surface area contributed by atoms with Crippen molar-refractivity contribution in [1.29, 1.82) is 0 Å². The zero-order chi connectivity index (χ0) is 12.1. The Hall–Kier alpha value is -0.0800. The maximum Gasteiger partial charge on any atom is 0.0664 e. The first kappa shape index (κ1) is 15.9. The Balaban J connectivity index is 3.02. The van der Waals surface area contributed by atoms with Crippen LogP contribution in [0.5, 0.6) is 0 Å². The van der Waals surface area contributed by atoms with Crippen molar-refractivity contribution in [2.24, 2.45) is 0 Å². The topological polar surface area (TPSA) is 32.3 Å². The normalized spacial score (nSPS) is 12.9. The molecule has 0 aliphatic rings. The van der Waals surface area contributed by atoms with Gasteiger partial charge >= 0.3 is 0 Å². The summed E-state index contributed by atoms with van der Waals surface area (Å²) in [6, 6.07) is 0. The molecule has 16 heavy (non-hydrogen) atoms. The second-order valence-corrected chi connectivity index (χ2v) is 4.77. The molecule has 1 unspecified atom stereocenters. The zero-order valence-corrected chi connectivity index (χ0v) is 11.3. The minimum Gasteiger partial charge on any atom is -0.392 e. The van der Waals surface area contributed by atoms with E-state index in [4.69, 9.17) is 0 Å². The molecule has 0 aromatic heterocycles. The van der Waals surface area contributed by atoms with Crippen molar-refractivity contribution in [1.82, 2.24) is 5.32 Å². The molecule has 0 saturated heterocycles. The molecule has 0 heterocycles. The quantitative estimate of drug-likeness (QED) is 0.502. The van der Waals surface area contributed by atoms with E-state index in [1.807, 2.05) is 0 Å². The second kappa shape index (κ2) is 13.0. The maximum absolute atomic E-state index is 9.59. The van der Waals surface area contributed by atoms with Gasteiger partial charge in [0.1, 0.15) is 0 Å². The molecule has 2 N–H and O–H groups in total. The minimum absolute atomic E-state index is 0.139. The van der Waals surface area contributed by atoms with Crippen LogP contribution in [0.4, 0.5) is 0 Å². The predicted octanol–water partition coefficient (Wildman–Crippen LogP) is 3.49. The Kier molecular flexibility index (Phi) is 12.9. The van der Waals surface area contributed by atoms with E-state index in [0.29, 0.717) is 0 Å². The van der Waals surface area contributed by atoms with Gasteiger partial charge in [0.15, 0.2) is 0 Å². The zero-order valence-electron chi connectivity index (χ0n) is 11.3. The van der Waals surface area contributed by atoms with Crippen LogP contribution in [-0.4, -0.2) is 24.3 Å². The van der Waals surface area contributed by atoms with Crippen LogP contribution >= 0.6 is 0 Å². The van der Waals surface area contributed by atoms with E-state index in [-0.39, 0.29) is 6.10 Å². The average molecular weight is 229 g/mol. The summed E-state index contributed by atoms with van der Waals surface area (Å²) in [4.78, 5) is 0. The van der Waals surface area contributed by atoms with Gasteiger partial charge in [-0.1, -0.05) is 58.8 Å². The van der Waals surface area contributed by atoms with E-state index >= 15 is 0 Å². The Bertz CT molecular complexity index is 128. The number of aliphatic hydroxyl groups excluding tert-OH is 1. The molecule has 0 spiro atoms. The first-order valence-electron chi connectivity index (χ1n) is 7.20. The molecule has 0 aromatic rings. The molecule has 2 heteroatoms. The van der Waals surface area contributed by atoms with Crippen molar-refractivity contribution in [3.05, 3.63) is 0 Å². The van der Waals surface area contributed by atoms with Gasteiger partial charge in [-0.25, -0.2) is 0 Å². The number of nitrogens with one attached hydrogen (secondary N) is 1. The average Bonchev–Trinajstić information content (AvgIpc) is 2.30. The predicted molar refractivity (Wildman–Crippen MR) is 71.8 cm³/mol. The van der Waals surface area contributed by atoms with Gasteiger partial charge in [-0.05, 0) is 19.4 Å². The standard InChI is InChI=1S/C14H31NO/c1-3-5-7-8-9-10-12-15-13-14(16)11-6-4-2/h14-16H,3-13H2,1-2H3. The van der Waals surface area contributed by atoms with Crippen molar-refractivity contribution >= 4 is 0 Å². The molecule has 0 amide bonds. The van der Waals surface area contributed by atoms with E-state index in [1.165, 1.54) is 44.9 Å². The van der Waals surface area contributed by atoms with Crippen LogP contribution in [0.1, 0.15) is 71.6 Å². The van der Waals surface area contributed by atoms with E-state index in [9.17, 15) is 5.11 Å². The number of unbranched alkanes of at least 4 members (excludes halogenated alkanes) is 6. The van der Waals surface area contributed by atoms with Crippen LogP contribution in [0, 0.1) is 0 Å². The van der Waals surface area contributed by atoms with Crippen LogP contribution in [0.3, 0.4) is 0 Å². The largest absolute Gasteiger partial charge is 0.392 e. The van der Waals surface area contributed by atoms with Crippen LogP contribution in [0.25, 0.3) is 0 Å². The molecule has 0 radical (unpaired) electrons. The van der Waals surface area contributed by atoms with Gasteiger partial charge in [0, 0.05) is 6.54 Å². The first-order valence-corrected chi connectivity index (χ1v) is 7.20. The Morgan fingerprint density at radius 2 is 1.50 bits per heavy atom. The summed E-state index contributed by atoms with van der Waals surface area (Å²) in [7, 11) is 0. The highest BCUT2D eigenvalue weighted by atomic mass is 16.3. The third-order valence-electron chi connectivity index (χ3n) is 2.98. The highest BCUT2D eigenvalue weighted by molar-refractivity contribution is 4.59. The van der Waals surface area contributed by atoms with Gasteiger partial charge in [0.25, 0.3) is 0 Å². The molecule has 1 atom stereocenters. The van der Waals surface area contributed by atoms with E-state index in [0.717, 1.165) is 25.9 Å². The van der Waals surface area contributed by atoms with Crippen molar-refractivity contribution in [3.63, 3.8) is 0 Å².